The Morgan fingerprint density at radius 2 is 1.01 bits per heavy atom. The Bertz CT molecular complexity index is 3420. The summed E-state index contributed by atoms with van der Waals surface area (Å²) in [6.07, 6.45) is 4.99. The average Bonchev–Trinajstić information content (AvgIpc) is 4.15. The molecule has 1 N–H and O–H groups in total. The van der Waals surface area contributed by atoms with Crippen LogP contribution in [0.15, 0.2) is 73.2 Å². The smallest absolute Gasteiger partial charge is 0.214 e. The van der Waals surface area contributed by atoms with Crippen LogP contribution in [0.25, 0.3) is 42.0 Å². The number of hydrogen-bond donors (Lipinski definition) is 1. The molecule has 0 saturated carbocycles. The summed E-state index contributed by atoms with van der Waals surface area (Å²) in [7, 11) is -0.0479. The minimum Gasteiger partial charge on any atom is -0.495 e. The van der Waals surface area contributed by atoms with E-state index in [1.165, 1.54) is 42.4 Å². The molecule has 75 heavy (non-hydrogen) atoms. The van der Waals surface area contributed by atoms with Crippen LogP contribution in [0, 0.1) is 11.8 Å². The minimum atomic E-state index is -3.39. The van der Waals surface area contributed by atoms with Gasteiger partial charge in [0.05, 0.1) is 59.8 Å². The highest BCUT2D eigenvalue weighted by molar-refractivity contribution is 7.89. The zero-order chi connectivity index (χ0) is 54.4. The molecule has 9 rings (SSSR count). The largest absolute Gasteiger partial charge is 0.495 e. The van der Waals surface area contributed by atoms with E-state index >= 15 is 0 Å². The molecule has 0 unspecified atom stereocenters. The Labute approximate surface area is 451 Å². The molecule has 1 aliphatic rings. The maximum absolute atomic E-state index is 12.7. The summed E-state index contributed by atoms with van der Waals surface area (Å²) >= 11 is 4.46. The maximum Gasteiger partial charge on any atom is 0.214 e. The van der Waals surface area contributed by atoms with Crippen molar-refractivity contribution in [3.63, 3.8) is 0 Å². The van der Waals surface area contributed by atoms with Crippen molar-refractivity contribution in [1.29, 1.82) is 0 Å². The molecule has 0 spiro atoms. The zero-order valence-corrected chi connectivity index (χ0v) is 48.2. The molecule has 6 heterocycles. The van der Waals surface area contributed by atoms with Gasteiger partial charge in [-0.15, -0.1) is 34.0 Å². The SMILES string of the molecule is CCN(Cc1cc2c(OC)c3ncccc3c(OC)c2s1)S(=O)(=O)CC(C)C.CCN(Cc1cc2c(s1)C(=O)c1cccnc1C2=O)S(=O)(=O)CC(C)C.CCNCc1cc2c(OC)c3ncccc3c(OC)c2s1. The lowest BCUT2D eigenvalue weighted by atomic mass is 9.93. The highest BCUT2D eigenvalue weighted by Crippen LogP contribution is 2.47. The van der Waals surface area contributed by atoms with Gasteiger partial charge in [-0.25, -0.2) is 16.8 Å². The summed E-state index contributed by atoms with van der Waals surface area (Å²) in [6, 6.07) is 16.8. The number of nitrogens with one attached hydrogen (secondary N) is 1. The highest BCUT2D eigenvalue weighted by atomic mass is 32.2. The van der Waals surface area contributed by atoms with Crippen LogP contribution in [0.4, 0.5) is 0 Å². The standard InChI is InChI=1S/C20H26N2O4S2.C18H20N2O4S2.C16H18N2O2S/c1-6-22(28(23,24)12-13(2)3)11-14-10-16-18(25-4)17-15(8-7-9-21-17)19(26-5)20(16)27-14;1-4-20(26(23,24)10-11(2)3)9-12-8-14-16(21)15-13(6-5-7-19-15)17(22)18(14)25-12;1-4-17-9-10-8-12-14(19-2)13-11(6-5-7-18-13)15(20-3)16(12)21-10/h7-10,13H,6,11-12H2,1-5H3;5-8,11H,4,9-10H2,1-3H3;5-8,17H,4,9H2,1-3H3. The topological polar surface area (TPSA) is 197 Å². The quantitative estimate of drug-likeness (QED) is 0.0803. The van der Waals surface area contributed by atoms with Crippen LogP contribution in [0.5, 0.6) is 23.0 Å². The number of ether oxygens (including phenoxy) is 4. The van der Waals surface area contributed by atoms with E-state index in [1.54, 1.807) is 77.3 Å². The lowest BCUT2D eigenvalue weighted by Gasteiger charge is -2.20. The predicted molar refractivity (Wildman–Crippen MR) is 303 cm³/mol. The number of carbonyl (C=O) groups excluding carboxylic acids is 2. The number of fused-ring (bicyclic) bond motifs is 6. The lowest BCUT2D eigenvalue weighted by molar-refractivity contribution is 0.0978. The van der Waals surface area contributed by atoms with E-state index in [2.05, 4.69) is 33.3 Å². The third-order valence-corrected chi connectivity index (χ3v) is 20.0. The van der Waals surface area contributed by atoms with Gasteiger partial charge in [-0.05, 0) is 73.0 Å². The molecule has 21 heteroatoms. The summed E-state index contributed by atoms with van der Waals surface area (Å²) in [5, 5.41) is 7.18. The van der Waals surface area contributed by atoms with Gasteiger partial charge in [0.15, 0.2) is 11.5 Å². The number of aromatic nitrogens is 3. The Hall–Kier alpha value is -5.65. The van der Waals surface area contributed by atoms with Crippen molar-refractivity contribution in [3.05, 3.63) is 110 Å². The molecule has 0 amide bonds. The van der Waals surface area contributed by atoms with E-state index in [-0.39, 0.29) is 47.1 Å². The van der Waals surface area contributed by atoms with Crippen molar-refractivity contribution in [3.8, 4) is 23.0 Å². The van der Waals surface area contributed by atoms with Crippen molar-refractivity contribution < 1.29 is 45.4 Å². The second-order valence-electron chi connectivity index (χ2n) is 18.3. The first-order valence-electron chi connectivity index (χ1n) is 24.5. The monoisotopic (exact) mass is 1120 g/mol. The molecule has 400 valence electrons. The Kier molecular flexibility index (Phi) is 18.7. The Balaban J connectivity index is 0.000000166. The van der Waals surface area contributed by atoms with E-state index in [4.69, 9.17) is 18.9 Å². The highest BCUT2D eigenvalue weighted by Gasteiger charge is 2.34. The molecular formula is C54H64N6O10S5. The third kappa shape index (κ3) is 12.2. The van der Waals surface area contributed by atoms with Gasteiger partial charge in [-0.3, -0.25) is 24.5 Å². The number of hydrogen-bond acceptors (Lipinski definition) is 17. The number of rotatable bonds is 19. The summed E-state index contributed by atoms with van der Waals surface area (Å²) < 4.78 is 78.0. The van der Waals surface area contributed by atoms with E-state index in [0.717, 1.165) is 77.2 Å². The number of ketones is 2. The first-order valence-corrected chi connectivity index (χ1v) is 30.2. The third-order valence-electron chi connectivity index (χ3n) is 12.1. The number of carbonyl (C=O) groups is 2. The maximum atomic E-state index is 12.7. The summed E-state index contributed by atoms with van der Waals surface area (Å²) in [4.78, 5) is 41.5. The van der Waals surface area contributed by atoms with Gasteiger partial charge in [0.2, 0.25) is 31.6 Å². The average molecular weight is 1120 g/mol. The van der Waals surface area contributed by atoms with Crippen LogP contribution < -0.4 is 24.3 Å². The predicted octanol–water partition coefficient (Wildman–Crippen LogP) is 10.6. The van der Waals surface area contributed by atoms with E-state index in [1.807, 2.05) is 65.0 Å². The summed E-state index contributed by atoms with van der Waals surface area (Å²) in [6.45, 7) is 16.4. The van der Waals surface area contributed by atoms with Crippen LogP contribution in [0.3, 0.4) is 0 Å². The van der Waals surface area contributed by atoms with Crippen LogP contribution >= 0.6 is 34.0 Å². The van der Waals surface area contributed by atoms with Crippen molar-refractivity contribution in [2.45, 2.75) is 68.1 Å². The number of methoxy groups -OCH3 is 4. The number of sulfonamides is 2. The molecule has 16 nitrogen and oxygen atoms in total. The molecule has 0 radical (unpaired) electrons. The fourth-order valence-electron chi connectivity index (χ4n) is 8.92. The fraction of sp³-hybridized carbons (Fsp3) is 0.389. The molecule has 2 aromatic carbocycles. The Morgan fingerprint density at radius 3 is 1.48 bits per heavy atom. The van der Waals surface area contributed by atoms with Crippen LogP contribution in [0.2, 0.25) is 0 Å². The normalized spacial score (nSPS) is 12.6. The van der Waals surface area contributed by atoms with Crippen molar-refractivity contribution in [1.82, 2.24) is 28.9 Å². The molecule has 1 aliphatic carbocycles. The molecular weight excluding hydrogens is 1050 g/mol. The van der Waals surface area contributed by atoms with Gasteiger partial charge < -0.3 is 24.3 Å². The number of pyridine rings is 3. The Morgan fingerprint density at radius 1 is 0.560 bits per heavy atom. The van der Waals surface area contributed by atoms with Gasteiger partial charge in [0.1, 0.15) is 28.2 Å². The fourth-order valence-corrected chi connectivity index (χ4v) is 16.1. The first kappa shape index (κ1) is 57.1. The van der Waals surface area contributed by atoms with E-state index in [9.17, 15) is 26.4 Å². The molecule has 0 atom stereocenters. The molecule has 0 saturated heterocycles. The van der Waals surface area contributed by atoms with E-state index < -0.39 is 20.0 Å². The van der Waals surface area contributed by atoms with Crippen molar-refractivity contribution >= 4 is 108 Å². The van der Waals surface area contributed by atoms with Crippen LogP contribution in [-0.4, -0.2) is 112 Å². The summed E-state index contributed by atoms with van der Waals surface area (Å²) in [5.74, 6) is 2.92. The molecule has 0 fully saturated rings. The van der Waals surface area contributed by atoms with E-state index in [0.29, 0.717) is 46.3 Å². The number of thiophene rings is 3. The van der Waals surface area contributed by atoms with Gasteiger partial charge in [-0.2, -0.15) is 8.61 Å². The molecule has 0 aliphatic heterocycles. The summed E-state index contributed by atoms with van der Waals surface area (Å²) in [5.41, 5.74) is 2.36. The van der Waals surface area contributed by atoms with Crippen LogP contribution in [0.1, 0.15) is 94.4 Å². The van der Waals surface area contributed by atoms with Gasteiger partial charge in [-0.1, -0.05) is 48.5 Å². The molecule has 8 aromatic rings. The number of benzene rings is 2. The van der Waals surface area contributed by atoms with Gasteiger partial charge in [0.25, 0.3) is 0 Å². The first-order chi connectivity index (χ1) is 35.9. The second kappa shape index (κ2) is 24.6. The second-order valence-corrected chi connectivity index (χ2v) is 25.8. The zero-order valence-electron chi connectivity index (χ0n) is 44.1. The molecule has 0 bridgehead atoms. The van der Waals surface area contributed by atoms with Crippen LogP contribution in [-0.2, 0) is 39.7 Å². The van der Waals surface area contributed by atoms with Crippen molar-refractivity contribution in [2.24, 2.45) is 11.8 Å². The lowest BCUT2D eigenvalue weighted by Crippen LogP contribution is -2.33. The molecule has 6 aromatic heterocycles. The van der Waals surface area contributed by atoms with Gasteiger partial charge in [0, 0.05) is 93.1 Å². The number of nitrogens with zero attached hydrogens (tertiary/aromatic N) is 5. The van der Waals surface area contributed by atoms with Crippen molar-refractivity contribution in [2.75, 3.05) is 59.6 Å². The van der Waals surface area contributed by atoms with Gasteiger partial charge >= 0.3 is 0 Å². The minimum absolute atomic E-state index is 0.0225.